The first-order chi connectivity index (χ1) is 17.5. The molecule has 0 bridgehead atoms. The van der Waals surface area contributed by atoms with E-state index in [1.807, 2.05) is 13.8 Å². The molecule has 1 amide bonds. The van der Waals surface area contributed by atoms with Crippen molar-refractivity contribution in [2.45, 2.75) is 51.7 Å². The molecule has 2 aromatic heterocycles. The monoisotopic (exact) mass is 515 g/mol. The fraction of sp³-hybridized carbons (Fsp3) is 0.346. The minimum Gasteiger partial charge on any atom is -0.354 e. The third-order valence-corrected chi connectivity index (χ3v) is 6.17. The van der Waals surface area contributed by atoms with Crippen molar-refractivity contribution >= 4 is 23.1 Å². The van der Waals surface area contributed by atoms with Crippen LogP contribution in [-0.4, -0.2) is 26.6 Å². The fourth-order valence-electron chi connectivity index (χ4n) is 3.80. The molecule has 2 N–H and O–H groups in total. The van der Waals surface area contributed by atoms with Gasteiger partial charge in [-0.3, -0.25) is 14.6 Å². The summed E-state index contributed by atoms with van der Waals surface area (Å²) < 4.78 is 52.9. The van der Waals surface area contributed by atoms with Gasteiger partial charge in [-0.2, -0.15) is 13.2 Å². The van der Waals surface area contributed by atoms with Crippen molar-refractivity contribution in [2.24, 2.45) is 5.41 Å². The number of carbonyl (C=O) groups excluding carboxylic acids is 2. The van der Waals surface area contributed by atoms with Crippen LogP contribution in [-0.2, 0) is 17.5 Å². The molecule has 1 fully saturated rings. The van der Waals surface area contributed by atoms with Crippen molar-refractivity contribution in [3.63, 3.8) is 0 Å². The molecular formula is C26H25F4N5O2. The van der Waals surface area contributed by atoms with Crippen molar-refractivity contribution in [1.29, 1.82) is 0 Å². The molecule has 2 heterocycles. The van der Waals surface area contributed by atoms with Crippen molar-refractivity contribution < 1.29 is 27.2 Å². The molecule has 1 aliphatic rings. The summed E-state index contributed by atoms with van der Waals surface area (Å²) in [6.07, 6.45) is 0.799. The van der Waals surface area contributed by atoms with Gasteiger partial charge in [-0.05, 0) is 43.2 Å². The number of anilines is 2. The quantitative estimate of drug-likeness (QED) is 0.286. The molecule has 37 heavy (non-hydrogen) atoms. The lowest BCUT2D eigenvalue weighted by atomic mass is 9.95. The molecule has 1 aromatic carbocycles. The molecule has 1 saturated carbocycles. The van der Waals surface area contributed by atoms with Gasteiger partial charge < -0.3 is 10.6 Å². The summed E-state index contributed by atoms with van der Waals surface area (Å²) in [5.41, 5.74) is -1.10. The zero-order valence-corrected chi connectivity index (χ0v) is 20.2. The molecule has 0 atom stereocenters. The molecule has 0 spiro atoms. The summed E-state index contributed by atoms with van der Waals surface area (Å²) in [4.78, 5) is 38.1. The van der Waals surface area contributed by atoms with Crippen LogP contribution in [0.5, 0.6) is 0 Å². The number of halogens is 4. The lowest BCUT2D eigenvalue weighted by Crippen LogP contribution is -2.33. The third kappa shape index (κ3) is 6.28. The number of alkyl halides is 3. The van der Waals surface area contributed by atoms with Gasteiger partial charge in [0.2, 0.25) is 5.91 Å². The Morgan fingerprint density at radius 1 is 1.03 bits per heavy atom. The molecule has 0 unspecified atom stereocenters. The van der Waals surface area contributed by atoms with Crippen LogP contribution < -0.4 is 10.6 Å². The average Bonchev–Trinajstić information content (AvgIpc) is 3.64. The molecule has 1 aliphatic carbocycles. The number of ketones is 1. The zero-order chi connectivity index (χ0) is 26.8. The number of hydrogen-bond donors (Lipinski definition) is 2. The Morgan fingerprint density at radius 2 is 1.73 bits per heavy atom. The Hall–Kier alpha value is -3.89. The highest BCUT2D eigenvalue weighted by Gasteiger charge is 2.51. The van der Waals surface area contributed by atoms with Gasteiger partial charge in [-0.1, -0.05) is 13.8 Å². The number of nitrogens with zero attached hydrogens (tertiary/aromatic N) is 3. The van der Waals surface area contributed by atoms with Gasteiger partial charge in [0.05, 0.1) is 46.4 Å². The smallest absolute Gasteiger partial charge is 0.354 e. The van der Waals surface area contributed by atoms with Gasteiger partial charge in [0, 0.05) is 24.7 Å². The second kappa shape index (κ2) is 10.2. The molecule has 194 valence electrons. The van der Waals surface area contributed by atoms with Crippen LogP contribution in [0.1, 0.15) is 66.5 Å². The predicted molar refractivity (Wildman–Crippen MR) is 128 cm³/mol. The summed E-state index contributed by atoms with van der Waals surface area (Å²) in [6.45, 7) is 3.99. The molecule has 0 aliphatic heterocycles. The van der Waals surface area contributed by atoms with E-state index in [1.54, 1.807) is 6.07 Å². The Morgan fingerprint density at radius 3 is 2.30 bits per heavy atom. The molecule has 4 rings (SSSR count). The van der Waals surface area contributed by atoms with Gasteiger partial charge in [0.1, 0.15) is 11.6 Å². The van der Waals surface area contributed by atoms with Gasteiger partial charge >= 0.3 is 6.18 Å². The first-order valence-corrected chi connectivity index (χ1v) is 11.7. The van der Waals surface area contributed by atoms with Crippen molar-refractivity contribution in [3.05, 3.63) is 77.4 Å². The minimum absolute atomic E-state index is 0.0543. The maximum absolute atomic E-state index is 13.3. The normalized spacial score (nSPS) is 14.4. The lowest BCUT2D eigenvalue weighted by Gasteiger charge is -2.16. The van der Waals surface area contributed by atoms with E-state index in [4.69, 9.17) is 0 Å². The average molecular weight is 516 g/mol. The van der Waals surface area contributed by atoms with Gasteiger partial charge in [0.25, 0.3) is 0 Å². The van der Waals surface area contributed by atoms with Crippen LogP contribution in [0.4, 0.5) is 28.9 Å². The van der Waals surface area contributed by atoms with Crippen LogP contribution in [0.15, 0.2) is 48.9 Å². The predicted octanol–water partition coefficient (Wildman–Crippen LogP) is 5.57. The van der Waals surface area contributed by atoms with Crippen molar-refractivity contribution in [2.75, 3.05) is 5.32 Å². The second-order valence-corrected chi connectivity index (χ2v) is 9.40. The first kappa shape index (κ1) is 26.2. The highest BCUT2D eigenvalue weighted by molar-refractivity contribution is 6.00. The molecular weight excluding hydrogens is 490 g/mol. The van der Waals surface area contributed by atoms with E-state index in [-0.39, 0.29) is 41.9 Å². The van der Waals surface area contributed by atoms with E-state index in [2.05, 4.69) is 25.6 Å². The number of Topliss-reactive ketones (excluding diaryl/α,β-unsaturated/α-hetero) is 1. The summed E-state index contributed by atoms with van der Waals surface area (Å²) in [6, 6.07) is 5.42. The van der Waals surface area contributed by atoms with Crippen LogP contribution in [0.3, 0.4) is 0 Å². The number of amides is 1. The van der Waals surface area contributed by atoms with E-state index in [0.717, 1.165) is 12.1 Å². The number of nitrogens with one attached hydrogen (secondary N) is 2. The second-order valence-electron chi connectivity index (χ2n) is 9.40. The molecule has 0 saturated heterocycles. The Kier molecular flexibility index (Phi) is 7.24. The molecule has 3 aromatic rings. The van der Waals surface area contributed by atoms with E-state index in [0.29, 0.717) is 36.0 Å². The number of carbonyl (C=O) groups is 2. The highest BCUT2D eigenvalue weighted by atomic mass is 19.4. The topological polar surface area (TPSA) is 96.9 Å². The standard InChI is InChI=1S/C26H25F4N5O2/c1-15(2)23-32-11-16(12-33-23)22(36)10-25(7-8-25)24(37)34-13-18-4-5-19(14-31-18)35-21-6-3-17(27)9-20(21)26(28,29)30/h3-6,9,11-12,14-15,35H,7-8,10,13H2,1-2H3,(H,34,37). The Labute approximate surface area is 210 Å². The van der Waals surface area contributed by atoms with Crippen LogP contribution >= 0.6 is 0 Å². The highest BCUT2D eigenvalue weighted by Crippen LogP contribution is 2.49. The van der Waals surface area contributed by atoms with E-state index >= 15 is 0 Å². The molecule has 7 nitrogen and oxygen atoms in total. The number of pyridine rings is 1. The van der Waals surface area contributed by atoms with Gasteiger partial charge in [0.15, 0.2) is 5.78 Å². The van der Waals surface area contributed by atoms with Crippen molar-refractivity contribution in [3.8, 4) is 0 Å². The Balaban J connectivity index is 1.33. The zero-order valence-electron chi connectivity index (χ0n) is 20.2. The van der Waals surface area contributed by atoms with Crippen LogP contribution in [0, 0.1) is 11.2 Å². The Bertz CT molecular complexity index is 1290. The van der Waals surface area contributed by atoms with Crippen LogP contribution in [0.2, 0.25) is 0 Å². The maximum Gasteiger partial charge on any atom is 0.418 e. The summed E-state index contributed by atoms with van der Waals surface area (Å²) >= 11 is 0. The molecule has 0 radical (unpaired) electrons. The minimum atomic E-state index is -4.73. The van der Waals surface area contributed by atoms with Crippen LogP contribution in [0.25, 0.3) is 0 Å². The summed E-state index contributed by atoms with van der Waals surface area (Å²) in [5.74, 6) is -0.665. The number of aromatic nitrogens is 3. The fourth-order valence-corrected chi connectivity index (χ4v) is 3.80. The maximum atomic E-state index is 13.3. The largest absolute Gasteiger partial charge is 0.418 e. The van der Waals surface area contributed by atoms with Gasteiger partial charge in [-0.25, -0.2) is 14.4 Å². The van der Waals surface area contributed by atoms with E-state index in [1.165, 1.54) is 24.7 Å². The SMILES string of the molecule is CC(C)c1ncc(C(=O)CC2(C(=O)NCc3ccc(Nc4ccc(F)cc4C(F)(F)F)cn3)CC2)cn1. The number of hydrogen-bond acceptors (Lipinski definition) is 6. The third-order valence-electron chi connectivity index (χ3n) is 6.17. The van der Waals surface area contributed by atoms with E-state index < -0.39 is 23.0 Å². The summed E-state index contributed by atoms with van der Waals surface area (Å²) in [5, 5.41) is 5.39. The number of benzene rings is 1. The van der Waals surface area contributed by atoms with Crippen molar-refractivity contribution in [1.82, 2.24) is 20.3 Å². The first-order valence-electron chi connectivity index (χ1n) is 11.7. The lowest BCUT2D eigenvalue weighted by molar-refractivity contribution is -0.137. The van der Waals surface area contributed by atoms with Gasteiger partial charge in [-0.15, -0.1) is 0 Å². The molecule has 11 heteroatoms. The summed E-state index contributed by atoms with van der Waals surface area (Å²) in [7, 11) is 0. The van der Waals surface area contributed by atoms with E-state index in [9.17, 15) is 27.2 Å². The number of rotatable bonds is 9.